The van der Waals surface area contributed by atoms with Gasteiger partial charge < -0.3 is 9.47 Å². The van der Waals surface area contributed by atoms with Crippen LogP contribution in [0.5, 0.6) is 0 Å². The van der Waals surface area contributed by atoms with Gasteiger partial charge in [0, 0.05) is 36.4 Å². The van der Waals surface area contributed by atoms with E-state index in [9.17, 15) is 4.79 Å². The Balaban J connectivity index is 1.52. The second-order valence-corrected chi connectivity index (χ2v) is 6.26. The fraction of sp³-hybridized carbons (Fsp3) is 0.250. The summed E-state index contributed by atoms with van der Waals surface area (Å²) in [5.74, 6) is 0.209. The minimum absolute atomic E-state index is 0.209. The van der Waals surface area contributed by atoms with Crippen LogP contribution in [0.1, 0.15) is 18.9 Å². The van der Waals surface area contributed by atoms with E-state index in [1.165, 1.54) is 16.5 Å². The van der Waals surface area contributed by atoms with Crippen molar-refractivity contribution in [2.24, 2.45) is 0 Å². The third kappa shape index (κ3) is 2.42. The molecular weight excluding hydrogens is 284 g/mol. The molecule has 1 amide bonds. The molecule has 4 rings (SSSR count). The van der Waals surface area contributed by atoms with Crippen LogP contribution in [0.15, 0.2) is 60.8 Å². The van der Waals surface area contributed by atoms with E-state index in [-0.39, 0.29) is 11.9 Å². The summed E-state index contributed by atoms with van der Waals surface area (Å²) in [6, 6.07) is 18.9. The van der Waals surface area contributed by atoms with E-state index in [0.29, 0.717) is 6.42 Å². The van der Waals surface area contributed by atoms with Crippen molar-refractivity contribution in [3.63, 3.8) is 0 Å². The quantitative estimate of drug-likeness (QED) is 0.718. The number of hydrogen-bond donors (Lipinski definition) is 0. The summed E-state index contributed by atoms with van der Waals surface area (Å²) in [4.78, 5) is 14.7. The maximum absolute atomic E-state index is 12.8. The molecule has 0 saturated carbocycles. The summed E-state index contributed by atoms with van der Waals surface area (Å²) in [6.45, 7) is 2.85. The van der Waals surface area contributed by atoms with Crippen molar-refractivity contribution >= 4 is 22.5 Å². The third-order valence-electron chi connectivity index (χ3n) is 4.72. The molecule has 2 heterocycles. The SMILES string of the molecule is CC1Cc2ccccc2N1C(=O)CCn1ccc2ccccc21. The predicted octanol–water partition coefficient (Wildman–Crippen LogP) is 4.01. The average Bonchev–Trinajstić information content (AvgIpc) is 3.12. The van der Waals surface area contributed by atoms with Gasteiger partial charge in [-0.1, -0.05) is 36.4 Å². The van der Waals surface area contributed by atoms with Gasteiger partial charge in [-0.05, 0) is 42.5 Å². The van der Waals surface area contributed by atoms with Crippen LogP contribution in [0.4, 0.5) is 5.69 Å². The first-order valence-electron chi connectivity index (χ1n) is 8.18. The molecule has 0 fully saturated rings. The molecule has 3 aromatic rings. The molecule has 0 saturated heterocycles. The number of hydrogen-bond acceptors (Lipinski definition) is 1. The van der Waals surface area contributed by atoms with Crippen molar-refractivity contribution in [1.29, 1.82) is 0 Å². The molecule has 0 aliphatic carbocycles. The zero-order valence-electron chi connectivity index (χ0n) is 13.3. The number of nitrogens with zero attached hydrogens (tertiary/aromatic N) is 2. The summed E-state index contributed by atoms with van der Waals surface area (Å²) < 4.78 is 2.17. The van der Waals surface area contributed by atoms with Gasteiger partial charge in [-0.25, -0.2) is 0 Å². The Morgan fingerprint density at radius 3 is 2.78 bits per heavy atom. The van der Waals surface area contributed by atoms with E-state index < -0.39 is 0 Å². The molecule has 0 bridgehead atoms. The van der Waals surface area contributed by atoms with E-state index >= 15 is 0 Å². The molecule has 1 aromatic heterocycles. The minimum atomic E-state index is 0.209. The van der Waals surface area contributed by atoms with Crippen LogP contribution in [-0.4, -0.2) is 16.5 Å². The van der Waals surface area contributed by atoms with Gasteiger partial charge in [0.15, 0.2) is 0 Å². The van der Waals surface area contributed by atoms with Crippen LogP contribution < -0.4 is 4.90 Å². The molecular formula is C20H20N2O. The monoisotopic (exact) mass is 304 g/mol. The fourth-order valence-corrected chi connectivity index (χ4v) is 3.62. The van der Waals surface area contributed by atoms with Gasteiger partial charge in [-0.3, -0.25) is 4.79 Å². The standard InChI is InChI=1S/C20H20N2O/c1-15-14-17-7-3-5-9-19(17)22(15)20(23)11-13-21-12-10-16-6-2-4-8-18(16)21/h2-10,12,15H,11,13-14H2,1H3. The molecule has 1 aliphatic rings. The van der Waals surface area contributed by atoms with Crippen molar-refractivity contribution in [2.75, 3.05) is 4.90 Å². The van der Waals surface area contributed by atoms with Gasteiger partial charge in [0.05, 0.1) is 0 Å². The van der Waals surface area contributed by atoms with Crippen LogP contribution >= 0.6 is 0 Å². The number of amides is 1. The van der Waals surface area contributed by atoms with E-state index in [0.717, 1.165) is 18.7 Å². The first-order valence-corrected chi connectivity index (χ1v) is 8.18. The second-order valence-electron chi connectivity index (χ2n) is 6.26. The van der Waals surface area contributed by atoms with Crippen LogP contribution in [0.25, 0.3) is 10.9 Å². The summed E-state index contributed by atoms with van der Waals surface area (Å²) in [5, 5.41) is 1.22. The molecule has 23 heavy (non-hydrogen) atoms. The highest BCUT2D eigenvalue weighted by atomic mass is 16.2. The number of para-hydroxylation sites is 2. The van der Waals surface area contributed by atoms with Gasteiger partial charge in [0.1, 0.15) is 0 Å². The molecule has 0 spiro atoms. The number of anilines is 1. The highest BCUT2D eigenvalue weighted by Gasteiger charge is 2.30. The molecule has 0 N–H and O–H groups in total. The summed E-state index contributed by atoms with van der Waals surface area (Å²) in [6.07, 6.45) is 3.55. The number of carbonyl (C=O) groups excluding carboxylic acids is 1. The Kier molecular flexibility index (Phi) is 3.41. The number of aromatic nitrogens is 1. The minimum Gasteiger partial charge on any atom is -0.347 e. The molecule has 1 aliphatic heterocycles. The van der Waals surface area contributed by atoms with Crippen LogP contribution in [0, 0.1) is 0 Å². The summed E-state index contributed by atoms with van der Waals surface area (Å²) >= 11 is 0. The number of benzene rings is 2. The largest absolute Gasteiger partial charge is 0.347 e. The number of aryl methyl sites for hydroxylation is 1. The maximum atomic E-state index is 12.8. The molecule has 1 atom stereocenters. The first-order chi connectivity index (χ1) is 11.2. The van der Waals surface area contributed by atoms with Crippen LogP contribution in [-0.2, 0) is 17.8 Å². The molecule has 1 unspecified atom stereocenters. The Hall–Kier alpha value is -2.55. The third-order valence-corrected chi connectivity index (χ3v) is 4.72. The Morgan fingerprint density at radius 1 is 1.09 bits per heavy atom. The number of rotatable bonds is 3. The lowest BCUT2D eigenvalue weighted by Gasteiger charge is -2.23. The lowest BCUT2D eigenvalue weighted by Crippen LogP contribution is -2.36. The summed E-state index contributed by atoms with van der Waals surface area (Å²) in [5.41, 5.74) is 3.55. The molecule has 3 nitrogen and oxygen atoms in total. The fourth-order valence-electron chi connectivity index (χ4n) is 3.62. The van der Waals surface area contributed by atoms with Crippen LogP contribution in [0.3, 0.4) is 0 Å². The second kappa shape index (κ2) is 5.58. The van der Waals surface area contributed by atoms with Crippen molar-refractivity contribution in [3.8, 4) is 0 Å². The average molecular weight is 304 g/mol. The Morgan fingerprint density at radius 2 is 1.87 bits per heavy atom. The molecule has 0 radical (unpaired) electrons. The highest BCUT2D eigenvalue weighted by Crippen LogP contribution is 2.32. The van der Waals surface area contributed by atoms with Gasteiger partial charge in [-0.15, -0.1) is 0 Å². The summed E-state index contributed by atoms with van der Waals surface area (Å²) in [7, 11) is 0. The zero-order chi connectivity index (χ0) is 15.8. The van der Waals surface area contributed by atoms with Crippen LogP contribution in [0.2, 0.25) is 0 Å². The van der Waals surface area contributed by atoms with E-state index in [4.69, 9.17) is 0 Å². The maximum Gasteiger partial charge on any atom is 0.229 e. The first kappa shape index (κ1) is 14.1. The van der Waals surface area contributed by atoms with E-state index in [1.54, 1.807) is 0 Å². The predicted molar refractivity (Wildman–Crippen MR) is 93.6 cm³/mol. The van der Waals surface area contributed by atoms with Gasteiger partial charge >= 0.3 is 0 Å². The lowest BCUT2D eigenvalue weighted by atomic mass is 10.1. The lowest BCUT2D eigenvalue weighted by molar-refractivity contribution is -0.119. The van der Waals surface area contributed by atoms with Gasteiger partial charge in [0.25, 0.3) is 0 Å². The van der Waals surface area contributed by atoms with Crippen molar-refractivity contribution in [3.05, 3.63) is 66.4 Å². The number of carbonyl (C=O) groups is 1. The Bertz CT molecular complexity index is 865. The number of fused-ring (bicyclic) bond motifs is 2. The van der Waals surface area contributed by atoms with Gasteiger partial charge in [0.2, 0.25) is 5.91 Å². The van der Waals surface area contributed by atoms with Crippen molar-refractivity contribution < 1.29 is 4.79 Å². The zero-order valence-corrected chi connectivity index (χ0v) is 13.3. The van der Waals surface area contributed by atoms with Crippen molar-refractivity contribution in [2.45, 2.75) is 32.4 Å². The van der Waals surface area contributed by atoms with Gasteiger partial charge in [-0.2, -0.15) is 0 Å². The smallest absolute Gasteiger partial charge is 0.229 e. The van der Waals surface area contributed by atoms with E-state index in [1.807, 2.05) is 29.2 Å². The topological polar surface area (TPSA) is 25.2 Å². The molecule has 116 valence electrons. The van der Waals surface area contributed by atoms with Crippen molar-refractivity contribution in [1.82, 2.24) is 4.57 Å². The van der Waals surface area contributed by atoms with E-state index in [2.05, 4.69) is 48.0 Å². The molecule has 2 aromatic carbocycles. The molecule has 3 heteroatoms. The Labute approximate surface area is 136 Å². The highest BCUT2D eigenvalue weighted by molar-refractivity contribution is 5.96. The normalized spacial score (nSPS) is 16.7.